The largest absolute Gasteiger partial charge is 0.480 e. The Morgan fingerprint density at radius 2 is 1.83 bits per heavy atom. The van der Waals surface area contributed by atoms with Crippen molar-refractivity contribution in [2.75, 3.05) is 26.7 Å². The van der Waals surface area contributed by atoms with Crippen molar-refractivity contribution in [3.8, 4) is 0 Å². The Bertz CT molecular complexity index is 552. The van der Waals surface area contributed by atoms with Gasteiger partial charge in [-0.15, -0.1) is 0 Å². The zero-order chi connectivity index (χ0) is 17.9. The van der Waals surface area contributed by atoms with Crippen molar-refractivity contribution in [1.29, 1.82) is 0 Å². The number of benzene rings is 1. The number of aliphatic carboxylic acids is 1. The van der Waals surface area contributed by atoms with Gasteiger partial charge >= 0.3 is 12.1 Å². The SMILES string of the molecule is CC(c1ccc(C(F)(F)F)cc1)N1CCC(N(C)CC(=O)O)CC1. The van der Waals surface area contributed by atoms with E-state index in [4.69, 9.17) is 5.11 Å². The summed E-state index contributed by atoms with van der Waals surface area (Å²) in [6.45, 7) is 3.62. The summed E-state index contributed by atoms with van der Waals surface area (Å²) in [5.74, 6) is -0.835. The number of piperidine rings is 1. The molecule has 0 amide bonds. The monoisotopic (exact) mass is 344 g/mol. The maximum atomic E-state index is 12.6. The van der Waals surface area contributed by atoms with Gasteiger partial charge in [0.2, 0.25) is 0 Å². The molecule has 1 N–H and O–H groups in total. The Hall–Kier alpha value is -1.60. The van der Waals surface area contributed by atoms with E-state index in [0.717, 1.165) is 43.6 Å². The zero-order valence-corrected chi connectivity index (χ0v) is 13.9. The Balaban J connectivity index is 1.93. The quantitative estimate of drug-likeness (QED) is 0.891. The third-order valence-electron chi connectivity index (χ3n) is 4.78. The number of hydrogen-bond acceptors (Lipinski definition) is 3. The molecule has 1 unspecified atom stereocenters. The molecule has 134 valence electrons. The Kier molecular flexibility index (Phi) is 5.87. The number of halogens is 3. The van der Waals surface area contributed by atoms with Crippen LogP contribution in [0.25, 0.3) is 0 Å². The number of carboxylic acids is 1. The fraction of sp³-hybridized carbons (Fsp3) is 0.588. The number of likely N-dealkylation sites (tertiary alicyclic amines) is 1. The van der Waals surface area contributed by atoms with Crippen LogP contribution in [0.5, 0.6) is 0 Å². The lowest BCUT2D eigenvalue weighted by atomic mass is 9.98. The van der Waals surface area contributed by atoms with Gasteiger partial charge in [0.05, 0.1) is 12.1 Å². The van der Waals surface area contributed by atoms with Crippen molar-refractivity contribution < 1.29 is 23.1 Å². The molecule has 1 aromatic rings. The molecule has 0 aliphatic carbocycles. The van der Waals surface area contributed by atoms with E-state index in [0.29, 0.717) is 0 Å². The summed E-state index contributed by atoms with van der Waals surface area (Å²) in [6, 6.07) is 5.60. The summed E-state index contributed by atoms with van der Waals surface area (Å²) in [4.78, 5) is 14.9. The molecular formula is C17H23F3N2O2. The van der Waals surface area contributed by atoms with Gasteiger partial charge in [0.1, 0.15) is 0 Å². The molecule has 0 spiro atoms. The Morgan fingerprint density at radius 3 is 2.29 bits per heavy atom. The summed E-state index contributed by atoms with van der Waals surface area (Å²) in [5.41, 5.74) is 0.229. The van der Waals surface area contributed by atoms with E-state index in [1.807, 2.05) is 18.9 Å². The first-order valence-corrected chi connectivity index (χ1v) is 8.01. The number of nitrogens with zero attached hydrogens (tertiary/aromatic N) is 2. The number of carbonyl (C=O) groups is 1. The predicted octanol–water partition coefficient (Wildman–Crippen LogP) is 3.25. The normalized spacial score (nSPS) is 18.8. The second-order valence-corrected chi connectivity index (χ2v) is 6.37. The van der Waals surface area contributed by atoms with Crippen LogP contribution in [0.2, 0.25) is 0 Å². The van der Waals surface area contributed by atoms with Crippen molar-refractivity contribution in [2.24, 2.45) is 0 Å². The van der Waals surface area contributed by atoms with Gasteiger partial charge in [-0.2, -0.15) is 13.2 Å². The Morgan fingerprint density at radius 1 is 1.29 bits per heavy atom. The summed E-state index contributed by atoms with van der Waals surface area (Å²) in [5, 5.41) is 8.85. The molecule has 1 aliphatic heterocycles. The van der Waals surface area contributed by atoms with Crippen LogP contribution < -0.4 is 0 Å². The highest BCUT2D eigenvalue weighted by Crippen LogP contribution is 2.31. The predicted molar refractivity (Wildman–Crippen MR) is 84.7 cm³/mol. The average Bonchev–Trinajstić information content (AvgIpc) is 2.53. The number of likely N-dealkylation sites (N-methyl/N-ethyl adjacent to an activating group) is 1. The molecule has 0 saturated carbocycles. The van der Waals surface area contributed by atoms with Gasteiger partial charge in [-0.05, 0) is 44.5 Å². The highest BCUT2D eigenvalue weighted by Gasteiger charge is 2.31. The van der Waals surface area contributed by atoms with Crippen molar-refractivity contribution in [2.45, 2.75) is 38.0 Å². The van der Waals surface area contributed by atoms with E-state index in [-0.39, 0.29) is 18.6 Å². The first kappa shape index (κ1) is 18.7. The molecule has 1 heterocycles. The van der Waals surface area contributed by atoms with Crippen LogP contribution in [0.15, 0.2) is 24.3 Å². The molecule has 2 rings (SSSR count). The Labute approximate surface area is 139 Å². The molecule has 1 aromatic carbocycles. The van der Waals surface area contributed by atoms with Gasteiger partial charge < -0.3 is 5.11 Å². The summed E-state index contributed by atoms with van der Waals surface area (Å²) in [7, 11) is 1.81. The van der Waals surface area contributed by atoms with Crippen LogP contribution in [-0.4, -0.2) is 53.6 Å². The standard InChI is InChI=1S/C17H23F3N2O2/c1-12(13-3-5-14(6-4-13)17(18,19)20)22-9-7-15(8-10-22)21(2)11-16(23)24/h3-6,12,15H,7-11H2,1-2H3,(H,23,24). The molecule has 7 heteroatoms. The molecule has 24 heavy (non-hydrogen) atoms. The topological polar surface area (TPSA) is 43.8 Å². The van der Waals surface area contributed by atoms with Crippen LogP contribution in [0, 0.1) is 0 Å². The highest BCUT2D eigenvalue weighted by molar-refractivity contribution is 5.69. The zero-order valence-electron chi connectivity index (χ0n) is 13.9. The smallest absolute Gasteiger partial charge is 0.416 e. The van der Waals surface area contributed by atoms with Crippen molar-refractivity contribution >= 4 is 5.97 Å². The van der Waals surface area contributed by atoms with E-state index in [9.17, 15) is 18.0 Å². The number of carboxylic acid groups (broad SMARTS) is 1. The third kappa shape index (κ3) is 4.70. The molecule has 0 aromatic heterocycles. The van der Waals surface area contributed by atoms with Crippen molar-refractivity contribution in [3.63, 3.8) is 0 Å². The van der Waals surface area contributed by atoms with Crippen LogP contribution >= 0.6 is 0 Å². The fourth-order valence-electron chi connectivity index (χ4n) is 3.22. The lowest BCUT2D eigenvalue weighted by Gasteiger charge is -2.39. The van der Waals surface area contributed by atoms with Crippen LogP contribution in [0.1, 0.15) is 36.9 Å². The highest BCUT2D eigenvalue weighted by atomic mass is 19.4. The minimum atomic E-state index is -4.31. The minimum Gasteiger partial charge on any atom is -0.480 e. The number of rotatable bonds is 5. The average molecular weight is 344 g/mol. The van der Waals surface area contributed by atoms with Gasteiger partial charge in [-0.25, -0.2) is 0 Å². The second-order valence-electron chi connectivity index (χ2n) is 6.37. The van der Waals surface area contributed by atoms with E-state index in [2.05, 4.69) is 4.90 Å². The molecule has 0 radical (unpaired) electrons. The fourth-order valence-corrected chi connectivity index (χ4v) is 3.22. The summed E-state index contributed by atoms with van der Waals surface area (Å²) >= 11 is 0. The molecule has 1 atom stereocenters. The first-order chi connectivity index (χ1) is 11.2. The first-order valence-electron chi connectivity index (χ1n) is 8.01. The van der Waals surface area contributed by atoms with Crippen LogP contribution in [0.4, 0.5) is 13.2 Å². The molecule has 1 aliphatic rings. The van der Waals surface area contributed by atoms with E-state index in [1.165, 1.54) is 12.1 Å². The molecule has 1 saturated heterocycles. The van der Waals surface area contributed by atoms with Gasteiger partial charge in [0.15, 0.2) is 0 Å². The molecule has 1 fully saturated rings. The maximum absolute atomic E-state index is 12.6. The molecule has 4 nitrogen and oxygen atoms in total. The lowest BCUT2D eigenvalue weighted by molar-refractivity contribution is -0.139. The second kappa shape index (κ2) is 7.53. The lowest BCUT2D eigenvalue weighted by Crippen LogP contribution is -2.45. The van der Waals surface area contributed by atoms with Gasteiger partial charge in [-0.1, -0.05) is 12.1 Å². The van der Waals surface area contributed by atoms with Crippen LogP contribution in [0.3, 0.4) is 0 Å². The van der Waals surface area contributed by atoms with Crippen LogP contribution in [-0.2, 0) is 11.0 Å². The minimum absolute atomic E-state index is 0.0269. The summed E-state index contributed by atoms with van der Waals surface area (Å²) in [6.07, 6.45) is -2.60. The van der Waals surface area contributed by atoms with Crippen molar-refractivity contribution in [3.05, 3.63) is 35.4 Å². The van der Waals surface area contributed by atoms with Crippen molar-refractivity contribution in [1.82, 2.24) is 9.80 Å². The third-order valence-corrected chi connectivity index (χ3v) is 4.78. The van der Waals surface area contributed by atoms with Gasteiger partial charge in [0.25, 0.3) is 0 Å². The van der Waals surface area contributed by atoms with E-state index < -0.39 is 17.7 Å². The van der Waals surface area contributed by atoms with Gasteiger partial charge in [0, 0.05) is 25.2 Å². The number of hydrogen-bond donors (Lipinski definition) is 1. The van der Waals surface area contributed by atoms with E-state index >= 15 is 0 Å². The maximum Gasteiger partial charge on any atom is 0.416 e. The molecule has 0 bridgehead atoms. The van der Waals surface area contributed by atoms with E-state index in [1.54, 1.807) is 0 Å². The number of alkyl halides is 3. The molecular weight excluding hydrogens is 321 g/mol. The summed E-state index contributed by atoms with van der Waals surface area (Å²) < 4.78 is 37.9. The van der Waals surface area contributed by atoms with Gasteiger partial charge in [-0.3, -0.25) is 14.6 Å².